The second-order valence-corrected chi connectivity index (χ2v) is 5.25. The first-order valence-corrected chi connectivity index (χ1v) is 6.49. The van der Waals surface area contributed by atoms with E-state index in [1.807, 2.05) is 0 Å². The number of nitrogens with two attached hydrogens (primary N) is 1. The van der Waals surface area contributed by atoms with Gasteiger partial charge in [-0.2, -0.15) is 0 Å². The van der Waals surface area contributed by atoms with Gasteiger partial charge in [-0.15, -0.1) is 0 Å². The molecule has 1 aliphatic rings. The summed E-state index contributed by atoms with van der Waals surface area (Å²) in [6.45, 7) is 1.17. The van der Waals surface area contributed by atoms with Crippen molar-refractivity contribution in [3.63, 3.8) is 0 Å². The predicted molar refractivity (Wildman–Crippen MR) is 56.1 cm³/mol. The highest BCUT2D eigenvalue weighted by molar-refractivity contribution is 7.89. The van der Waals surface area contributed by atoms with Crippen LogP contribution < -0.4 is 10.5 Å². The zero-order chi connectivity index (χ0) is 11.6. The van der Waals surface area contributed by atoms with Crippen molar-refractivity contribution >= 4 is 10.0 Å². The van der Waals surface area contributed by atoms with Gasteiger partial charge in [-0.1, -0.05) is 0 Å². The fourth-order valence-corrected chi connectivity index (χ4v) is 2.72. The van der Waals surface area contributed by atoms with Gasteiger partial charge < -0.3 is 14.9 Å². The van der Waals surface area contributed by atoms with Crippen molar-refractivity contribution in [2.75, 3.05) is 13.2 Å². The van der Waals surface area contributed by atoms with Gasteiger partial charge in [0.1, 0.15) is 5.76 Å². The van der Waals surface area contributed by atoms with Gasteiger partial charge in [-0.25, -0.2) is 13.1 Å². The third-order valence-electron chi connectivity index (χ3n) is 2.35. The highest BCUT2D eigenvalue weighted by Crippen LogP contribution is 2.15. The minimum Gasteiger partial charge on any atom is -0.447 e. The lowest BCUT2D eigenvalue weighted by molar-refractivity contribution is 0.192. The van der Waals surface area contributed by atoms with Gasteiger partial charge in [-0.3, -0.25) is 0 Å². The summed E-state index contributed by atoms with van der Waals surface area (Å²) < 4.78 is 36.3. The van der Waals surface area contributed by atoms with Crippen molar-refractivity contribution < 1.29 is 17.6 Å². The summed E-state index contributed by atoms with van der Waals surface area (Å²) in [5.74, 6) is 0.447. The Morgan fingerprint density at radius 2 is 2.31 bits per heavy atom. The summed E-state index contributed by atoms with van der Waals surface area (Å²) in [5, 5.41) is -0.0974. The molecule has 90 valence electrons. The summed E-state index contributed by atoms with van der Waals surface area (Å²) in [6.07, 6.45) is 0.684. The van der Waals surface area contributed by atoms with E-state index in [1.165, 1.54) is 6.07 Å². The average Bonchev–Trinajstić information content (AvgIpc) is 2.85. The maximum atomic E-state index is 11.8. The third kappa shape index (κ3) is 2.43. The summed E-state index contributed by atoms with van der Waals surface area (Å²) in [6, 6.07) is 2.79. The summed E-state index contributed by atoms with van der Waals surface area (Å²) in [7, 11) is -3.59. The Kier molecular flexibility index (Phi) is 3.29. The molecule has 0 saturated carbocycles. The molecule has 0 aliphatic carbocycles. The van der Waals surface area contributed by atoms with Crippen LogP contribution >= 0.6 is 0 Å². The number of furan rings is 1. The van der Waals surface area contributed by atoms with E-state index in [4.69, 9.17) is 14.9 Å². The molecular formula is C9H14N2O4S. The van der Waals surface area contributed by atoms with Crippen LogP contribution in [-0.2, 0) is 21.3 Å². The Morgan fingerprint density at radius 3 is 2.88 bits per heavy atom. The first-order valence-electron chi connectivity index (χ1n) is 5.00. The molecule has 16 heavy (non-hydrogen) atoms. The Balaban J connectivity index is 2.11. The van der Waals surface area contributed by atoms with Crippen molar-refractivity contribution in [2.24, 2.45) is 5.73 Å². The second kappa shape index (κ2) is 4.54. The molecule has 2 heterocycles. The molecule has 3 N–H and O–H groups in total. The van der Waals surface area contributed by atoms with E-state index in [9.17, 15) is 8.42 Å². The maximum Gasteiger partial charge on any atom is 0.274 e. The van der Waals surface area contributed by atoms with Crippen molar-refractivity contribution in [3.05, 3.63) is 17.9 Å². The van der Waals surface area contributed by atoms with E-state index in [-0.39, 0.29) is 17.7 Å². The van der Waals surface area contributed by atoms with Crippen molar-refractivity contribution in [1.82, 2.24) is 4.72 Å². The van der Waals surface area contributed by atoms with E-state index in [0.717, 1.165) is 0 Å². The molecule has 0 spiro atoms. The molecule has 1 aliphatic heterocycles. The number of nitrogens with one attached hydrogen (secondary N) is 1. The standard InChI is InChI=1S/C9H14N2O4S/c10-5-8-1-2-9(15-8)16(12,13)11-7-3-4-14-6-7/h1-2,7,11H,3-6,10H2. The predicted octanol–water partition coefficient (Wildman–Crippen LogP) is -0.195. The number of hydrogen-bond donors (Lipinski definition) is 2. The zero-order valence-corrected chi connectivity index (χ0v) is 9.50. The molecule has 0 bridgehead atoms. The smallest absolute Gasteiger partial charge is 0.274 e. The molecule has 1 fully saturated rings. The maximum absolute atomic E-state index is 11.8. The van der Waals surface area contributed by atoms with E-state index in [0.29, 0.717) is 25.4 Å². The Morgan fingerprint density at radius 1 is 1.50 bits per heavy atom. The first-order chi connectivity index (χ1) is 7.62. The monoisotopic (exact) mass is 246 g/mol. The van der Waals surface area contributed by atoms with E-state index in [2.05, 4.69) is 4.72 Å². The molecule has 1 aromatic rings. The molecule has 0 amide bonds. The van der Waals surface area contributed by atoms with Crippen LogP contribution in [0.25, 0.3) is 0 Å². The highest BCUT2D eigenvalue weighted by atomic mass is 32.2. The highest BCUT2D eigenvalue weighted by Gasteiger charge is 2.25. The largest absolute Gasteiger partial charge is 0.447 e. The SMILES string of the molecule is NCc1ccc(S(=O)(=O)NC2CCOC2)o1. The molecule has 2 rings (SSSR count). The third-order valence-corrected chi connectivity index (χ3v) is 3.75. The minimum atomic E-state index is -3.59. The van der Waals surface area contributed by atoms with E-state index >= 15 is 0 Å². The molecule has 1 saturated heterocycles. The molecule has 0 radical (unpaired) electrons. The quantitative estimate of drug-likeness (QED) is 0.767. The lowest BCUT2D eigenvalue weighted by Crippen LogP contribution is -2.34. The normalized spacial score (nSPS) is 21.4. The molecule has 1 aromatic heterocycles. The molecule has 1 atom stereocenters. The lowest BCUT2D eigenvalue weighted by atomic mass is 10.3. The number of sulfonamides is 1. The van der Waals surface area contributed by atoms with E-state index < -0.39 is 10.0 Å². The van der Waals surface area contributed by atoms with Crippen LogP contribution in [0.4, 0.5) is 0 Å². The van der Waals surface area contributed by atoms with Gasteiger partial charge in [0.05, 0.1) is 13.2 Å². The van der Waals surface area contributed by atoms with Crippen LogP contribution in [0.1, 0.15) is 12.2 Å². The number of ether oxygens (including phenoxy) is 1. The summed E-state index contributed by atoms with van der Waals surface area (Å²) in [5.41, 5.74) is 5.34. The number of hydrogen-bond acceptors (Lipinski definition) is 5. The van der Waals surface area contributed by atoms with Crippen LogP contribution in [0.3, 0.4) is 0 Å². The van der Waals surface area contributed by atoms with Gasteiger partial charge in [0.15, 0.2) is 0 Å². The molecule has 0 aromatic carbocycles. The van der Waals surface area contributed by atoms with Gasteiger partial charge in [0.2, 0.25) is 5.09 Å². The molecule has 1 unspecified atom stereocenters. The Bertz CT molecular complexity index is 448. The van der Waals surface area contributed by atoms with Gasteiger partial charge in [0, 0.05) is 12.6 Å². The first kappa shape index (κ1) is 11.6. The summed E-state index contributed by atoms with van der Waals surface area (Å²) in [4.78, 5) is 0. The zero-order valence-electron chi connectivity index (χ0n) is 8.68. The van der Waals surface area contributed by atoms with Crippen molar-refractivity contribution in [1.29, 1.82) is 0 Å². The second-order valence-electron chi connectivity index (χ2n) is 3.61. The van der Waals surface area contributed by atoms with Gasteiger partial charge >= 0.3 is 0 Å². The Labute approximate surface area is 93.8 Å². The van der Waals surface area contributed by atoms with Crippen LogP contribution in [-0.4, -0.2) is 27.7 Å². The molecular weight excluding hydrogens is 232 g/mol. The molecule has 6 nitrogen and oxygen atoms in total. The summed E-state index contributed by atoms with van der Waals surface area (Å²) >= 11 is 0. The van der Waals surface area contributed by atoms with Crippen LogP contribution in [0, 0.1) is 0 Å². The Hall–Kier alpha value is -0.890. The van der Waals surface area contributed by atoms with Gasteiger partial charge in [-0.05, 0) is 18.6 Å². The van der Waals surface area contributed by atoms with Crippen LogP contribution in [0.5, 0.6) is 0 Å². The lowest BCUT2D eigenvalue weighted by Gasteiger charge is -2.08. The average molecular weight is 246 g/mol. The van der Waals surface area contributed by atoms with Crippen molar-refractivity contribution in [3.8, 4) is 0 Å². The van der Waals surface area contributed by atoms with Gasteiger partial charge in [0.25, 0.3) is 10.0 Å². The number of rotatable bonds is 4. The fourth-order valence-electron chi connectivity index (χ4n) is 1.52. The van der Waals surface area contributed by atoms with Crippen LogP contribution in [0.15, 0.2) is 21.6 Å². The van der Waals surface area contributed by atoms with Crippen LogP contribution in [0.2, 0.25) is 0 Å². The van der Waals surface area contributed by atoms with E-state index in [1.54, 1.807) is 6.07 Å². The van der Waals surface area contributed by atoms with Crippen molar-refractivity contribution in [2.45, 2.75) is 24.1 Å². The molecule has 7 heteroatoms. The minimum absolute atomic E-state index is 0.0974. The topological polar surface area (TPSA) is 94.6 Å². The fraction of sp³-hybridized carbons (Fsp3) is 0.556.